The first kappa shape index (κ1) is 9.43. The van der Waals surface area contributed by atoms with E-state index in [0.29, 0.717) is 6.17 Å². The Kier molecular flexibility index (Phi) is 3.45. The summed E-state index contributed by atoms with van der Waals surface area (Å²) in [5.74, 6) is 0. The molecule has 0 unspecified atom stereocenters. The van der Waals surface area contributed by atoms with Gasteiger partial charge < -0.3 is 9.80 Å². The Labute approximate surface area is 75.8 Å². The van der Waals surface area contributed by atoms with Gasteiger partial charge in [0.15, 0.2) is 0 Å². The van der Waals surface area contributed by atoms with Gasteiger partial charge in [-0.15, -0.1) is 0 Å². The molecule has 0 saturated heterocycles. The molecule has 0 aromatic carbocycles. The minimum Gasteiger partial charge on any atom is -0.356 e. The summed E-state index contributed by atoms with van der Waals surface area (Å²) in [4.78, 5) is 4.82. The van der Waals surface area contributed by atoms with Crippen molar-refractivity contribution < 1.29 is 0 Å². The Bertz CT molecular complexity index is 140. The second-order valence-electron chi connectivity index (χ2n) is 3.23. The second kappa shape index (κ2) is 4.39. The zero-order valence-corrected chi connectivity index (χ0v) is 8.45. The lowest BCUT2D eigenvalue weighted by Crippen LogP contribution is -2.38. The van der Waals surface area contributed by atoms with E-state index in [1.54, 1.807) is 0 Å². The normalized spacial score (nSPS) is 17.9. The van der Waals surface area contributed by atoms with E-state index in [0.717, 1.165) is 13.1 Å². The highest BCUT2D eigenvalue weighted by Gasteiger charge is 2.22. The third kappa shape index (κ3) is 1.74. The minimum absolute atomic E-state index is 0.630. The molecule has 0 atom stereocenters. The predicted octanol–water partition coefficient (Wildman–Crippen LogP) is 2.24. The molecular formula is C10H20N2. The predicted molar refractivity (Wildman–Crippen MR) is 52.6 cm³/mol. The first-order valence-corrected chi connectivity index (χ1v) is 5.03. The monoisotopic (exact) mass is 168 g/mol. The SMILES string of the molecule is CCCC1N(CC)C=CN1CC. The van der Waals surface area contributed by atoms with Crippen LogP contribution in [0.4, 0.5) is 0 Å². The van der Waals surface area contributed by atoms with Crippen LogP contribution in [0.1, 0.15) is 33.6 Å². The first-order valence-electron chi connectivity index (χ1n) is 5.03. The van der Waals surface area contributed by atoms with Gasteiger partial charge in [-0.25, -0.2) is 0 Å². The van der Waals surface area contributed by atoms with Crippen molar-refractivity contribution in [3.63, 3.8) is 0 Å². The van der Waals surface area contributed by atoms with Gasteiger partial charge in [0.05, 0.1) is 0 Å². The van der Waals surface area contributed by atoms with Gasteiger partial charge in [0, 0.05) is 25.5 Å². The van der Waals surface area contributed by atoms with E-state index < -0.39 is 0 Å². The van der Waals surface area contributed by atoms with Crippen LogP contribution in [0.2, 0.25) is 0 Å². The van der Waals surface area contributed by atoms with E-state index in [1.165, 1.54) is 12.8 Å². The molecule has 2 heteroatoms. The van der Waals surface area contributed by atoms with E-state index >= 15 is 0 Å². The zero-order chi connectivity index (χ0) is 8.97. The lowest BCUT2D eigenvalue weighted by molar-refractivity contribution is 0.152. The summed E-state index contributed by atoms with van der Waals surface area (Å²) < 4.78 is 0. The quantitative estimate of drug-likeness (QED) is 0.635. The highest BCUT2D eigenvalue weighted by molar-refractivity contribution is 4.95. The zero-order valence-electron chi connectivity index (χ0n) is 8.45. The maximum absolute atomic E-state index is 2.41. The molecule has 0 aromatic rings. The maximum Gasteiger partial charge on any atom is 0.101 e. The molecule has 12 heavy (non-hydrogen) atoms. The van der Waals surface area contributed by atoms with Crippen LogP contribution in [0, 0.1) is 0 Å². The summed E-state index contributed by atoms with van der Waals surface area (Å²) in [5, 5.41) is 0. The molecule has 1 aliphatic rings. The molecule has 1 aliphatic heterocycles. The Morgan fingerprint density at radius 2 is 1.50 bits per heavy atom. The fourth-order valence-corrected chi connectivity index (χ4v) is 1.78. The van der Waals surface area contributed by atoms with Crippen LogP contribution in [0.15, 0.2) is 12.4 Å². The van der Waals surface area contributed by atoms with Gasteiger partial charge in [-0.2, -0.15) is 0 Å². The summed E-state index contributed by atoms with van der Waals surface area (Å²) in [5.41, 5.74) is 0. The number of hydrogen-bond acceptors (Lipinski definition) is 2. The molecule has 1 rings (SSSR count). The average Bonchev–Trinajstić information content (AvgIpc) is 2.48. The summed E-state index contributed by atoms with van der Waals surface area (Å²) >= 11 is 0. The van der Waals surface area contributed by atoms with Gasteiger partial charge in [-0.1, -0.05) is 13.3 Å². The number of nitrogens with zero attached hydrogens (tertiary/aromatic N) is 2. The lowest BCUT2D eigenvalue weighted by Gasteiger charge is -2.31. The van der Waals surface area contributed by atoms with E-state index in [2.05, 4.69) is 43.0 Å². The van der Waals surface area contributed by atoms with Gasteiger partial charge >= 0.3 is 0 Å². The van der Waals surface area contributed by atoms with Crippen LogP contribution < -0.4 is 0 Å². The Balaban J connectivity index is 2.52. The van der Waals surface area contributed by atoms with Crippen molar-refractivity contribution in [1.29, 1.82) is 0 Å². The smallest absolute Gasteiger partial charge is 0.101 e. The Morgan fingerprint density at radius 3 is 1.83 bits per heavy atom. The van der Waals surface area contributed by atoms with Crippen LogP contribution in [-0.2, 0) is 0 Å². The van der Waals surface area contributed by atoms with Gasteiger partial charge in [-0.05, 0) is 20.3 Å². The second-order valence-corrected chi connectivity index (χ2v) is 3.23. The van der Waals surface area contributed by atoms with Crippen molar-refractivity contribution in [3.05, 3.63) is 12.4 Å². The molecule has 0 radical (unpaired) electrons. The van der Waals surface area contributed by atoms with Crippen molar-refractivity contribution in [1.82, 2.24) is 9.80 Å². The lowest BCUT2D eigenvalue weighted by atomic mass is 10.2. The largest absolute Gasteiger partial charge is 0.356 e. The third-order valence-electron chi connectivity index (χ3n) is 2.49. The third-order valence-corrected chi connectivity index (χ3v) is 2.49. The van der Waals surface area contributed by atoms with Gasteiger partial charge in [0.1, 0.15) is 6.17 Å². The molecule has 0 aliphatic carbocycles. The Morgan fingerprint density at radius 1 is 1.00 bits per heavy atom. The van der Waals surface area contributed by atoms with E-state index in [-0.39, 0.29) is 0 Å². The van der Waals surface area contributed by atoms with Crippen LogP contribution in [0.25, 0.3) is 0 Å². The molecule has 0 spiro atoms. The summed E-state index contributed by atoms with van der Waals surface area (Å²) in [6.07, 6.45) is 7.59. The summed E-state index contributed by atoms with van der Waals surface area (Å²) in [7, 11) is 0. The number of hydrogen-bond donors (Lipinski definition) is 0. The molecule has 0 N–H and O–H groups in total. The molecule has 0 saturated carbocycles. The molecular weight excluding hydrogens is 148 g/mol. The molecule has 70 valence electrons. The molecule has 0 fully saturated rings. The fraction of sp³-hybridized carbons (Fsp3) is 0.800. The van der Waals surface area contributed by atoms with Gasteiger partial charge in [0.2, 0.25) is 0 Å². The standard InChI is InChI=1S/C10H20N2/c1-4-7-10-11(5-2)8-9-12(10)6-3/h8-10H,4-7H2,1-3H3. The van der Waals surface area contributed by atoms with Crippen LogP contribution in [-0.4, -0.2) is 29.1 Å². The van der Waals surface area contributed by atoms with Crippen LogP contribution >= 0.6 is 0 Å². The average molecular weight is 168 g/mol. The van der Waals surface area contributed by atoms with Gasteiger partial charge in [-0.3, -0.25) is 0 Å². The molecule has 0 amide bonds. The topological polar surface area (TPSA) is 6.48 Å². The summed E-state index contributed by atoms with van der Waals surface area (Å²) in [6.45, 7) is 8.92. The van der Waals surface area contributed by atoms with Crippen molar-refractivity contribution in [2.24, 2.45) is 0 Å². The number of rotatable bonds is 4. The van der Waals surface area contributed by atoms with Crippen molar-refractivity contribution >= 4 is 0 Å². The van der Waals surface area contributed by atoms with Crippen molar-refractivity contribution in [2.75, 3.05) is 13.1 Å². The van der Waals surface area contributed by atoms with E-state index in [4.69, 9.17) is 0 Å². The van der Waals surface area contributed by atoms with Crippen molar-refractivity contribution in [2.45, 2.75) is 39.8 Å². The van der Waals surface area contributed by atoms with E-state index in [9.17, 15) is 0 Å². The van der Waals surface area contributed by atoms with Gasteiger partial charge in [0.25, 0.3) is 0 Å². The minimum atomic E-state index is 0.630. The Hall–Kier alpha value is -0.660. The molecule has 0 aromatic heterocycles. The molecule has 2 nitrogen and oxygen atoms in total. The van der Waals surface area contributed by atoms with Crippen molar-refractivity contribution in [3.8, 4) is 0 Å². The maximum atomic E-state index is 2.41. The van der Waals surface area contributed by atoms with E-state index in [1.807, 2.05) is 0 Å². The fourth-order valence-electron chi connectivity index (χ4n) is 1.78. The van der Waals surface area contributed by atoms with Crippen LogP contribution in [0.5, 0.6) is 0 Å². The first-order chi connectivity index (χ1) is 5.83. The highest BCUT2D eigenvalue weighted by atomic mass is 15.4. The summed E-state index contributed by atoms with van der Waals surface area (Å²) in [6, 6.07) is 0. The van der Waals surface area contributed by atoms with Crippen LogP contribution in [0.3, 0.4) is 0 Å². The highest BCUT2D eigenvalue weighted by Crippen LogP contribution is 2.18. The molecule has 0 bridgehead atoms. The molecule has 1 heterocycles.